The van der Waals surface area contributed by atoms with Gasteiger partial charge in [-0.05, 0) is 61.8 Å². The SMILES string of the molecule is [2H]C([2H])([2H])C1=CC=CC(C([2H])([2H])[2H])C1[n+]1c(C)n(-c2c(C)ccc3c2oc2ccccc23)c2ccc3oc4cc(C#N)ccc4c3c21. The van der Waals surface area contributed by atoms with E-state index in [2.05, 4.69) is 6.07 Å². The molecule has 0 bridgehead atoms. The molecule has 0 N–H and O–H groups in total. The monoisotopic (exact) mass is 540 g/mol. The van der Waals surface area contributed by atoms with Crippen molar-refractivity contribution >= 4 is 54.9 Å². The van der Waals surface area contributed by atoms with Crippen LogP contribution in [0.3, 0.4) is 0 Å². The molecule has 1 aliphatic carbocycles. The summed E-state index contributed by atoms with van der Waals surface area (Å²) in [6.45, 7) is -1.21. The number of hydrogen-bond donors (Lipinski definition) is 0. The highest BCUT2D eigenvalue weighted by Crippen LogP contribution is 2.41. The van der Waals surface area contributed by atoms with E-state index < -0.39 is 25.7 Å². The maximum absolute atomic E-state index is 9.57. The van der Waals surface area contributed by atoms with Gasteiger partial charge in [0.1, 0.15) is 22.8 Å². The first kappa shape index (κ1) is 18.3. The molecule has 5 nitrogen and oxygen atoms in total. The van der Waals surface area contributed by atoms with Crippen LogP contribution >= 0.6 is 0 Å². The fourth-order valence-electron chi connectivity index (χ4n) is 6.53. The summed E-state index contributed by atoms with van der Waals surface area (Å²) < 4.78 is 67.9. The zero-order chi connectivity index (χ0) is 33.0. The molecule has 1 aliphatic rings. The van der Waals surface area contributed by atoms with Gasteiger partial charge in [0.05, 0.1) is 17.0 Å². The molecular formula is C36H28N3O2+. The Hall–Kier alpha value is -5.08. The average Bonchev–Trinajstić information content (AvgIpc) is 3.68. The molecule has 5 heteroatoms. The van der Waals surface area contributed by atoms with E-state index in [-0.39, 0.29) is 5.57 Å². The fourth-order valence-corrected chi connectivity index (χ4v) is 6.53. The van der Waals surface area contributed by atoms with Crippen LogP contribution in [0.15, 0.2) is 99.4 Å². The van der Waals surface area contributed by atoms with Gasteiger partial charge in [-0.15, -0.1) is 0 Å². The number of aromatic nitrogens is 2. The second-order valence-corrected chi connectivity index (χ2v) is 10.7. The Morgan fingerprint density at radius 1 is 0.927 bits per heavy atom. The summed E-state index contributed by atoms with van der Waals surface area (Å²) in [5.41, 5.74) is 5.94. The van der Waals surface area contributed by atoms with Crippen LogP contribution in [-0.4, -0.2) is 4.57 Å². The van der Waals surface area contributed by atoms with Crippen LogP contribution in [0.2, 0.25) is 0 Å². The number of fused-ring (bicyclic) bond motifs is 8. The summed E-state index contributed by atoms with van der Waals surface area (Å²) in [6, 6.07) is 22.0. The van der Waals surface area contributed by atoms with Crippen molar-refractivity contribution in [1.82, 2.24) is 4.57 Å². The Balaban J connectivity index is 1.58. The van der Waals surface area contributed by atoms with Gasteiger partial charge in [-0.3, -0.25) is 0 Å². The maximum Gasteiger partial charge on any atom is 0.260 e. The van der Waals surface area contributed by atoms with Crippen LogP contribution in [0.4, 0.5) is 0 Å². The number of furan rings is 2. The zero-order valence-corrected chi connectivity index (χ0v) is 22.4. The predicted octanol–water partition coefficient (Wildman–Crippen LogP) is 8.90. The van der Waals surface area contributed by atoms with Crippen molar-refractivity contribution in [3.8, 4) is 11.8 Å². The molecule has 0 aliphatic heterocycles. The van der Waals surface area contributed by atoms with E-state index >= 15 is 0 Å². The molecule has 41 heavy (non-hydrogen) atoms. The van der Waals surface area contributed by atoms with E-state index in [4.69, 9.17) is 17.1 Å². The lowest BCUT2D eigenvalue weighted by molar-refractivity contribution is -0.700. The number of rotatable bonds is 2. The van der Waals surface area contributed by atoms with Crippen molar-refractivity contribution in [2.75, 3.05) is 0 Å². The van der Waals surface area contributed by atoms with E-state index in [1.807, 2.05) is 77.6 Å². The molecule has 0 fully saturated rings. The largest absolute Gasteiger partial charge is 0.456 e. The second-order valence-electron chi connectivity index (χ2n) is 10.7. The number of allylic oxidation sites excluding steroid dienone is 4. The first-order valence-electron chi connectivity index (χ1n) is 16.5. The molecular weight excluding hydrogens is 506 g/mol. The molecule has 2 atom stereocenters. The van der Waals surface area contributed by atoms with Crippen LogP contribution in [0.5, 0.6) is 0 Å². The van der Waals surface area contributed by atoms with Crippen LogP contribution < -0.4 is 4.57 Å². The summed E-state index contributed by atoms with van der Waals surface area (Å²) >= 11 is 0. The van der Waals surface area contributed by atoms with Crippen LogP contribution in [-0.2, 0) is 0 Å². The third-order valence-corrected chi connectivity index (χ3v) is 8.35. The maximum atomic E-state index is 9.57. The standard InChI is InChI=1S/C36H28N3O2/c1-20-8-7-9-21(2)33(20)39-23(4)38(34-22(3)12-14-26-25-10-5-6-11-29(25)41-36(26)34)28-16-17-30-32(35(28)39)27-15-13-24(19-37)18-31(27)40-30/h5-18,20,33H,1-4H3/q+1/i1D3,2D3. The van der Waals surface area contributed by atoms with E-state index in [0.29, 0.717) is 39.0 Å². The Morgan fingerprint density at radius 2 is 1.80 bits per heavy atom. The summed E-state index contributed by atoms with van der Waals surface area (Å²) in [5.74, 6) is -0.511. The van der Waals surface area contributed by atoms with Gasteiger partial charge in [0, 0.05) is 42.8 Å². The molecule has 3 aromatic heterocycles. The Kier molecular flexibility index (Phi) is 3.78. The zero-order valence-electron chi connectivity index (χ0n) is 28.4. The molecule has 3 heterocycles. The van der Waals surface area contributed by atoms with Crippen molar-refractivity contribution in [2.45, 2.75) is 33.6 Å². The second kappa shape index (κ2) is 8.46. The first-order valence-corrected chi connectivity index (χ1v) is 13.5. The van der Waals surface area contributed by atoms with E-state index in [9.17, 15) is 5.26 Å². The van der Waals surface area contributed by atoms with Crippen molar-refractivity contribution < 1.29 is 21.6 Å². The number of nitriles is 1. The number of para-hydroxylation sites is 1. The fraction of sp³-hybridized carbons (Fsp3) is 0.167. The predicted molar refractivity (Wildman–Crippen MR) is 163 cm³/mol. The lowest BCUT2D eigenvalue weighted by atomic mass is 9.90. The first-order chi connectivity index (χ1) is 22.4. The van der Waals surface area contributed by atoms with Gasteiger partial charge in [0.2, 0.25) is 0 Å². The van der Waals surface area contributed by atoms with Gasteiger partial charge in [-0.1, -0.05) is 49.3 Å². The van der Waals surface area contributed by atoms with Gasteiger partial charge in [0.25, 0.3) is 5.82 Å². The summed E-state index contributed by atoms with van der Waals surface area (Å²) in [7, 11) is 0. The average molecular weight is 541 g/mol. The molecule has 0 amide bonds. The van der Waals surface area contributed by atoms with Gasteiger partial charge < -0.3 is 8.83 Å². The highest BCUT2D eigenvalue weighted by molar-refractivity contribution is 6.16. The normalized spacial score (nSPS) is 20.1. The summed E-state index contributed by atoms with van der Waals surface area (Å²) in [5, 5.41) is 12.9. The smallest absolute Gasteiger partial charge is 0.260 e. The molecule has 7 aromatic rings. The number of imidazole rings is 1. The van der Waals surface area contributed by atoms with E-state index in [1.54, 1.807) is 18.2 Å². The number of nitrogens with zero attached hydrogens (tertiary/aromatic N) is 3. The Bertz CT molecular complexity index is 2550. The quantitative estimate of drug-likeness (QED) is 0.206. The summed E-state index contributed by atoms with van der Waals surface area (Å²) in [4.78, 5) is 0. The lowest BCUT2D eigenvalue weighted by Crippen LogP contribution is -2.46. The minimum Gasteiger partial charge on any atom is -0.456 e. The molecule has 0 spiro atoms. The third kappa shape index (κ3) is 3.19. The molecule has 2 unspecified atom stereocenters. The topological polar surface area (TPSA) is 58.9 Å². The molecule has 0 radical (unpaired) electrons. The van der Waals surface area contributed by atoms with Crippen molar-refractivity contribution in [2.24, 2.45) is 5.92 Å². The lowest BCUT2D eigenvalue weighted by Gasteiger charge is -2.23. The van der Waals surface area contributed by atoms with Crippen molar-refractivity contribution in [3.05, 3.63) is 107 Å². The molecule has 4 aromatic carbocycles. The molecule has 8 rings (SSSR count). The highest BCUT2D eigenvalue weighted by atomic mass is 16.3. The minimum absolute atomic E-state index is 0.0310. The Labute approximate surface area is 245 Å². The third-order valence-electron chi connectivity index (χ3n) is 8.35. The van der Waals surface area contributed by atoms with Gasteiger partial charge in [-0.25, -0.2) is 4.57 Å². The van der Waals surface area contributed by atoms with Gasteiger partial charge in [-0.2, -0.15) is 9.83 Å². The number of hydrogen-bond acceptors (Lipinski definition) is 3. The van der Waals surface area contributed by atoms with E-state index in [1.165, 1.54) is 12.2 Å². The molecule has 0 saturated carbocycles. The molecule has 0 saturated heterocycles. The van der Waals surface area contributed by atoms with Gasteiger partial charge >= 0.3 is 0 Å². The van der Waals surface area contributed by atoms with E-state index in [0.717, 1.165) is 38.5 Å². The minimum atomic E-state index is -2.57. The number of aryl methyl sites for hydroxylation is 1. The number of benzene rings is 4. The van der Waals surface area contributed by atoms with Crippen LogP contribution in [0.25, 0.3) is 60.6 Å². The van der Waals surface area contributed by atoms with Crippen molar-refractivity contribution in [1.29, 1.82) is 5.26 Å². The summed E-state index contributed by atoms with van der Waals surface area (Å²) in [6.07, 6.45) is 4.64. The highest BCUT2D eigenvalue weighted by Gasteiger charge is 2.36. The molecule has 198 valence electrons. The van der Waals surface area contributed by atoms with Crippen LogP contribution in [0, 0.1) is 31.1 Å². The van der Waals surface area contributed by atoms with Gasteiger partial charge in [0.15, 0.2) is 22.3 Å². The Morgan fingerprint density at radius 3 is 2.66 bits per heavy atom. The van der Waals surface area contributed by atoms with Crippen LogP contribution in [0.1, 0.15) is 44.9 Å². The van der Waals surface area contributed by atoms with Crippen molar-refractivity contribution in [3.63, 3.8) is 0 Å².